The van der Waals surface area contributed by atoms with E-state index in [1.807, 2.05) is 30.6 Å². The van der Waals surface area contributed by atoms with Crippen LogP contribution in [0.1, 0.15) is 58.3 Å². The predicted molar refractivity (Wildman–Crippen MR) is 254 cm³/mol. The van der Waals surface area contributed by atoms with E-state index in [1.165, 1.54) is 64.1 Å². The summed E-state index contributed by atoms with van der Waals surface area (Å²) in [6.45, 7) is 0.0510. The van der Waals surface area contributed by atoms with Gasteiger partial charge in [-0.3, -0.25) is 14.9 Å². The molecule has 18 heteroatoms. The average molecular weight is 964 g/mol. The van der Waals surface area contributed by atoms with Crippen molar-refractivity contribution in [1.82, 2.24) is 10.3 Å². The van der Waals surface area contributed by atoms with Gasteiger partial charge < -0.3 is 60.0 Å². The van der Waals surface area contributed by atoms with E-state index in [0.717, 1.165) is 22.3 Å². The van der Waals surface area contributed by atoms with Crippen LogP contribution in [-0.4, -0.2) is 108 Å². The number of aromatic amines is 1. The smallest absolute Gasteiger partial charge is 0.335 e. The number of nitrogens with one attached hydrogen (secondary N) is 2. The topological polar surface area (TPSA) is 267 Å². The van der Waals surface area contributed by atoms with Gasteiger partial charge in [-0.2, -0.15) is 0 Å². The van der Waals surface area contributed by atoms with Crippen LogP contribution in [0.2, 0.25) is 0 Å². The number of H-pyrrole nitrogens is 1. The van der Waals surface area contributed by atoms with Crippen molar-refractivity contribution >= 4 is 50.0 Å². The molecular weight excluding hydrogens is 915 g/mol. The van der Waals surface area contributed by atoms with E-state index in [4.69, 9.17) is 24.4 Å². The number of benzene rings is 3. The molecule has 354 valence electrons. The number of carboxylic acids is 1. The number of phenolic OH excluding ortho intramolecular Hbond substituents is 1. The van der Waals surface area contributed by atoms with Crippen LogP contribution in [0.25, 0.3) is 27.7 Å². The normalized spacial score (nSPS) is 29.9. The van der Waals surface area contributed by atoms with E-state index in [0.29, 0.717) is 25.0 Å². The van der Waals surface area contributed by atoms with E-state index in [9.17, 15) is 45.0 Å². The molecule has 3 aliphatic carbocycles. The van der Waals surface area contributed by atoms with Gasteiger partial charge in [0.2, 0.25) is 17.5 Å². The van der Waals surface area contributed by atoms with Crippen molar-refractivity contribution in [2.45, 2.75) is 73.6 Å². The summed E-state index contributed by atoms with van der Waals surface area (Å²) >= 11 is 0. The molecule has 2 fully saturated rings. The summed E-state index contributed by atoms with van der Waals surface area (Å²) in [5.41, 5.74) is 6.46. The number of aliphatic carboxylic acids is 1. The van der Waals surface area contributed by atoms with Crippen LogP contribution in [0.5, 0.6) is 11.5 Å². The Morgan fingerprint density at radius 2 is 1.82 bits per heavy atom. The van der Waals surface area contributed by atoms with Crippen molar-refractivity contribution in [3.63, 3.8) is 0 Å². The van der Waals surface area contributed by atoms with Gasteiger partial charge in [-0.25, -0.2) is 4.79 Å². The zero-order valence-corrected chi connectivity index (χ0v) is 37.9. The molecule has 2 aliphatic heterocycles. The Morgan fingerprint density at radius 3 is 2.59 bits per heavy atom. The number of aliphatic hydroxyl groups is 4. The van der Waals surface area contributed by atoms with E-state index >= 15 is 0 Å². The third kappa shape index (κ3) is 9.33. The van der Waals surface area contributed by atoms with Gasteiger partial charge in [0.25, 0.3) is 5.91 Å². The number of primary amides is 1. The fourth-order valence-electron chi connectivity index (χ4n) is 9.68. The van der Waals surface area contributed by atoms with Gasteiger partial charge in [-0.1, -0.05) is 82.1 Å². The summed E-state index contributed by atoms with van der Waals surface area (Å²) in [4.78, 5) is 42.3. The number of phenols is 1. The first kappa shape index (κ1) is 47.2. The summed E-state index contributed by atoms with van der Waals surface area (Å²) in [5.74, 6) is 2.72. The van der Waals surface area contributed by atoms with Gasteiger partial charge in [-0.05, 0) is 88.8 Å². The molecule has 5 aromatic rings. The largest absolute Gasteiger partial charge is 0.508 e. The van der Waals surface area contributed by atoms with Crippen LogP contribution < -0.4 is 21.2 Å². The average Bonchev–Trinajstić information content (AvgIpc) is 3.86. The molecule has 68 heavy (non-hydrogen) atoms. The van der Waals surface area contributed by atoms with E-state index in [2.05, 4.69) is 52.5 Å². The molecule has 1 amide bonds. The minimum absolute atomic E-state index is 0.00604. The Kier molecular flexibility index (Phi) is 13.9. The molecule has 2 bridgehead atoms. The number of hydrogen-bond acceptors (Lipinski definition) is 15. The van der Waals surface area contributed by atoms with Gasteiger partial charge in [0.15, 0.2) is 11.7 Å². The second kappa shape index (κ2) is 20.0. The predicted octanol–water partition coefficient (Wildman–Crippen LogP) is 4.82. The van der Waals surface area contributed by atoms with Gasteiger partial charge >= 0.3 is 5.97 Å². The first-order valence-corrected chi connectivity index (χ1v) is 24.5. The van der Waals surface area contributed by atoms with Gasteiger partial charge in [0, 0.05) is 43.1 Å². The molecule has 10 N–H and O–H groups in total. The Hall–Kier alpha value is -5.85. The third-order valence-electron chi connectivity index (χ3n) is 13.2. The number of nitrogens with two attached hydrogens (primary N) is 1. The number of fused-ring (bicyclic) bond motifs is 8. The van der Waals surface area contributed by atoms with Crippen molar-refractivity contribution in [2.75, 3.05) is 18.2 Å². The molecule has 5 aliphatic rings. The minimum Gasteiger partial charge on any atom is -0.508 e. The number of carbonyl (C=O) groups is 2. The lowest BCUT2D eigenvalue weighted by molar-refractivity contribution is -0.342. The van der Waals surface area contributed by atoms with Crippen molar-refractivity contribution in [1.29, 1.82) is 0 Å². The molecule has 2 saturated heterocycles. The number of amides is 1. The van der Waals surface area contributed by atoms with Crippen LogP contribution in [0.3, 0.4) is 0 Å². The molecule has 0 saturated carbocycles. The number of carboxylic acid groups (broad SMARTS) is 1. The summed E-state index contributed by atoms with van der Waals surface area (Å²) in [6.07, 6.45) is 0.736. The standard InChI is InChI=1S/C50H49N3O13S2/c51-46(58)43-40(28-12-14-31(54)15-13-28)41(56)36-17-16-33(21-39(36)65-43)64-49-50(62)45(42(57)44(66-49)47(59)60)63-25-68-67-24-38(30-18-19-52-22-30)37(23-53-48(50)61)26-4-3-5-32(55)20-29-11-10-27(9-8-26)34-6-1-2-7-35(29)34/h1-2,6-7,9-19,21-22,26,29,32,37-38,42,44-45,48-49,52-55,57,61-62H,4,8,20,23-25H2,(H2,51,58)(H,59,60). The molecule has 11 atom stereocenters. The molecular formula is C50H49N3O13S2. The second-order valence-corrected chi connectivity index (χ2v) is 19.7. The van der Waals surface area contributed by atoms with Crippen LogP contribution in [0.15, 0.2) is 113 Å². The van der Waals surface area contributed by atoms with Crippen molar-refractivity contribution < 1.29 is 58.9 Å². The van der Waals surface area contributed by atoms with Crippen LogP contribution in [0.4, 0.5) is 0 Å². The van der Waals surface area contributed by atoms with E-state index in [1.54, 1.807) is 0 Å². The monoisotopic (exact) mass is 963 g/mol. The fourth-order valence-corrected chi connectivity index (χ4v) is 11.7. The lowest BCUT2D eigenvalue weighted by Gasteiger charge is -2.50. The lowest BCUT2D eigenvalue weighted by Crippen LogP contribution is -2.75. The van der Waals surface area contributed by atoms with E-state index in [-0.39, 0.29) is 69.8 Å². The number of hydrogen-bond donors (Lipinski definition) is 9. The second-order valence-electron chi connectivity index (χ2n) is 17.2. The van der Waals surface area contributed by atoms with Crippen LogP contribution in [0, 0.1) is 23.7 Å². The maximum absolute atomic E-state index is 13.9. The minimum atomic E-state index is -2.73. The zero-order valence-electron chi connectivity index (χ0n) is 36.3. The highest BCUT2D eigenvalue weighted by atomic mass is 33.1. The Labute approximate surface area is 397 Å². The first-order valence-electron chi connectivity index (χ1n) is 22.0. The number of carbonyl (C=O) groups excluding carboxylic acids is 1. The third-order valence-corrected chi connectivity index (χ3v) is 15.3. The number of allylic oxidation sites excluding steroid dienone is 4. The molecule has 11 unspecified atom stereocenters. The molecule has 4 heterocycles. The lowest BCUT2D eigenvalue weighted by atomic mass is 9.75. The maximum Gasteiger partial charge on any atom is 0.335 e. The number of rotatable bonds is 7. The van der Waals surface area contributed by atoms with Crippen LogP contribution >= 0.6 is 21.6 Å². The molecule has 0 radical (unpaired) electrons. The summed E-state index contributed by atoms with van der Waals surface area (Å²) in [7, 11) is 2.76. The Bertz CT molecular complexity index is 2860. The van der Waals surface area contributed by atoms with Gasteiger partial charge in [-0.15, -0.1) is 5.92 Å². The van der Waals surface area contributed by atoms with Gasteiger partial charge in [0.1, 0.15) is 47.6 Å². The molecule has 10 rings (SSSR count). The highest BCUT2D eigenvalue weighted by molar-refractivity contribution is 8.76. The Balaban J connectivity index is 1.08. The van der Waals surface area contributed by atoms with Gasteiger partial charge in [0.05, 0.1) is 10.9 Å². The fraction of sp³-hybridized carbons (Fsp3) is 0.340. The number of aromatic nitrogens is 1. The van der Waals surface area contributed by atoms with Crippen LogP contribution in [-0.2, 0) is 14.3 Å². The number of ether oxygens (including phenoxy) is 3. The number of aromatic hydroxyl groups is 1. The molecule has 2 aromatic heterocycles. The SMILES string of the molecule is NC(=O)c1oc2cc(OC3OC(C(=O)O)C(O)C4OCSSCC(c5cc[nH]c5)C(C5CC#CC(O)CC6C=CC(=CC5)c5ccccc56)CNC(O)C34O)ccc2c(=O)c1-c1ccc(O)cc1. The highest BCUT2D eigenvalue weighted by Gasteiger charge is 2.63. The van der Waals surface area contributed by atoms with Crippen molar-refractivity contribution in [3.05, 3.63) is 136 Å². The maximum atomic E-state index is 13.9. The first-order chi connectivity index (χ1) is 32.8. The number of aliphatic hydroxyl groups excluding tert-OH is 3. The van der Waals surface area contributed by atoms with Crippen molar-refractivity contribution in [2.24, 2.45) is 17.6 Å². The molecule has 3 aromatic carbocycles. The molecule has 0 spiro atoms. The molecule has 16 nitrogen and oxygen atoms in total. The zero-order chi connectivity index (χ0) is 47.7. The summed E-state index contributed by atoms with van der Waals surface area (Å²) in [5, 5.41) is 71.0. The summed E-state index contributed by atoms with van der Waals surface area (Å²) in [6, 6.07) is 19.5. The Morgan fingerprint density at radius 1 is 1.01 bits per heavy atom. The van der Waals surface area contributed by atoms with Crippen molar-refractivity contribution in [3.8, 4) is 34.5 Å². The highest BCUT2D eigenvalue weighted by Crippen LogP contribution is 2.44. The summed E-state index contributed by atoms with van der Waals surface area (Å²) < 4.78 is 24.0. The van der Waals surface area contributed by atoms with E-state index < -0.39 is 65.6 Å². The quantitative estimate of drug-likeness (QED) is 0.0782.